The fourth-order valence-corrected chi connectivity index (χ4v) is 1.33. The standard InChI is InChI=1S/C12H11F3O2/c1-8(11(16)17-2)7-9-5-3-4-6-10(9)12(13,14)15/h3-7H,1-2H3/b8-7+. The van der Waals surface area contributed by atoms with Gasteiger partial charge in [-0.25, -0.2) is 4.79 Å². The molecular weight excluding hydrogens is 233 g/mol. The number of methoxy groups -OCH3 is 1. The highest BCUT2D eigenvalue weighted by Gasteiger charge is 2.32. The number of esters is 1. The SMILES string of the molecule is COC(=O)/C(C)=C/c1ccccc1C(F)(F)F. The van der Waals surface area contributed by atoms with E-state index in [1.165, 1.54) is 32.2 Å². The highest BCUT2D eigenvalue weighted by molar-refractivity contribution is 5.93. The topological polar surface area (TPSA) is 26.3 Å². The zero-order chi connectivity index (χ0) is 13.1. The summed E-state index contributed by atoms with van der Waals surface area (Å²) in [5.74, 6) is -0.651. The van der Waals surface area contributed by atoms with Gasteiger partial charge in [-0.2, -0.15) is 13.2 Å². The summed E-state index contributed by atoms with van der Waals surface area (Å²) < 4.78 is 42.3. The predicted molar refractivity (Wildman–Crippen MR) is 57.1 cm³/mol. The van der Waals surface area contributed by atoms with Gasteiger partial charge in [-0.3, -0.25) is 0 Å². The summed E-state index contributed by atoms with van der Waals surface area (Å²) in [5, 5.41) is 0. The molecule has 0 atom stereocenters. The highest BCUT2D eigenvalue weighted by Crippen LogP contribution is 2.32. The molecule has 0 unspecified atom stereocenters. The number of benzene rings is 1. The van der Waals surface area contributed by atoms with Crippen molar-refractivity contribution in [2.75, 3.05) is 7.11 Å². The monoisotopic (exact) mass is 244 g/mol. The molecule has 0 saturated heterocycles. The van der Waals surface area contributed by atoms with Gasteiger partial charge in [0.1, 0.15) is 0 Å². The largest absolute Gasteiger partial charge is 0.466 e. The maximum atomic E-state index is 12.6. The van der Waals surface area contributed by atoms with E-state index in [0.717, 1.165) is 12.1 Å². The van der Waals surface area contributed by atoms with Crippen LogP contribution < -0.4 is 0 Å². The quantitative estimate of drug-likeness (QED) is 0.589. The molecule has 0 heterocycles. The van der Waals surface area contributed by atoms with Gasteiger partial charge in [0.2, 0.25) is 0 Å². The molecule has 0 aliphatic carbocycles. The van der Waals surface area contributed by atoms with Crippen molar-refractivity contribution in [3.8, 4) is 0 Å². The van der Waals surface area contributed by atoms with Crippen LogP contribution >= 0.6 is 0 Å². The van der Waals surface area contributed by atoms with E-state index in [1.807, 2.05) is 0 Å². The number of hydrogen-bond acceptors (Lipinski definition) is 2. The summed E-state index contributed by atoms with van der Waals surface area (Å²) in [4.78, 5) is 11.1. The average molecular weight is 244 g/mol. The normalized spacial score (nSPS) is 12.4. The van der Waals surface area contributed by atoms with Gasteiger partial charge in [0.05, 0.1) is 12.7 Å². The van der Waals surface area contributed by atoms with Crippen molar-refractivity contribution >= 4 is 12.0 Å². The van der Waals surface area contributed by atoms with Crippen molar-refractivity contribution < 1.29 is 22.7 Å². The fourth-order valence-electron chi connectivity index (χ4n) is 1.33. The molecule has 0 spiro atoms. The van der Waals surface area contributed by atoms with E-state index in [4.69, 9.17) is 0 Å². The number of carbonyl (C=O) groups excluding carboxylic acids is 1. The Bertz CT molecular complexity index is 447. The van der Waals surface area contributed by atoms with Crippen LogP contribution in [-0.4, -0.2) is 13.1 Å². The highest BCUT2D eigenvalue weighted by atomic mass is 19.4. The third-order valence-electron chi connectivity index (χ3n) is 2.15. The maximum Gasteiger partial charge on any atom is 0.416 e. The molecular formula is C12H11F3O2. The minimum atomic E-state index is -4.44. The number of ether oxygens (including phenoxy) is 1. The van der Waals surface area contributed by atoms with Crippen molar-refractivity contribution in [2.24, 2.45) is 0 Å². The molecule has 1 aromatic carbocycles. The van der Waals surface area contributed by atoms with Gasteiger partial charge >= 0.3 is 12.1 Å². The molecule has 1 rings (SSSR count). The molecule has 0 bridgehead atoms. The lowest BCUT2D eigenvalue weighted by Gasteiger charge is -2.10. The van der Waals surface area contributed by atoms with Crippen molar-refractivity contribution in [1.29, 1.82) is 0 Å². The number of alkyl halides is 3. The van der Waals surface area contributed by atoms with Crippen molar-refractivity contribution in [3.05, 3.63) is 41.0 Å². The van der Waals surface area contributed by atoms with Crippen LogP contribution in [0.4, 0.5) is 13.2 Å². The third-order valence-corrected chi connectivity index (χ3v) is 2.15. The van der Waals surface area contributed by atoms with Crippen LogP contribution in [0, 0.1) is 0 Å². The first kappa shape index (κ1) is 13.3. The summed E-state index contributed by atoms with van der Waals surface area (Å²) in [6.07, 6.45) is -3.28. The first-order valence-corrected chi connectivity index (χ1v) is 4.79. The van der Waals surface area contributed by atoms with E-state index in [-0.39, 0.29) is 11.1 Å². The molecule has 2 nitrogen and oxygen atoms in total. The minimum absolute atomic E-state index is 0.0529. The number of carbonyl (C=O) groups is 1. The molecule has 0 radical (unpaired) electrons. The molecule has 92 valence electrons. The Morgan fingerprint density at radius 2 is 1.88 bits per heavy atom. The zero-order valence-electron chi connectivity index (χ0n) is 9.34. The Morgan fingerprint density at radius 3 is 2.41 bits per heavy atom. The average Bonchev–Trinajstić information content (AvgIpc) is 2.27. The fraction of sp³-hybridized carbons (Fsp3) is 0.250. The van der Waals surface area contributed by atoms with E-state index in [9.17, 15) is 18.0 Å². The van der Waals surface area contributed by atoms with Crippen LogP contribution in [-0.2, 0) is 15.7 Å². The predicted octanol–water partition coefficient (Wildman–Crippen LogP) is 3.28. The lowest BCUT2D eigenvalue weighted by Crippen LogP contribution is -2.08. The Morgan fingerprint density at radius 1 is 1.29 bits per heavy atom. The molecule has 0 aliphatic heterocycles. The molecule has 0 N–H and O–H groups in total. The van der Waals surface area contributed by atoms with Gasteiger partial charge in [-0.05, 0) is 24.6 Å². The lowest BCUT2D eigenvalue weighted by atomic mass is 10.0. The molecule has 0 fully saturated rings. The van der Waals surface area contributed by atoms with Crippen LogP contribution in [0.1, 0.15) is 18.1 Å². The Labute approximate surface area is 96.7 Å². The van der Waals surface area contributed by atoms with Crippen LogP contribution in [0.5, 0.6) is 0 Å². The second kappa shape index (κ2) is 5.03. The van der Waals surface area contributed by atoms with Gasteiger partial charge in [0, 0.05) is 5.57 Å². The van der Waals surface area contributed by atoms with E-state index in [1.54, 1.807) is 0 Å². The Kier molecular flexibility index (Phi) is 3.93. The van der Waals surface area contributed by atoms with Gasteiger partial charge in [0.25, 0.3) is 0 Å². The smallest absolute Gasteiger partial charge is 0.416 e. The first-order valence-electron chi connectivity index (χ1n) is 4.79. The van der Waals surface area contributed by atoms with Gasteiger partial charge in [0.15, 0.2) is 0 Å². The summed E-state index contributed by atoms with van der Waals surface area (Å²) in [5.41, 5.74) is -0.713. The van der Waals surface area contributed by atoms with E-state index < -0.39 is 17.7 Å². The van der Waals surface area contributed by atoms with Crippen LogP contribution in [0.3, 0.4) is 0 Å². The van der Waals surface area contributed by atoms with Gasteiger partial charge in [-0.1, -0.05) is 18.2 Å². The van der Waals surface area contributed by atoms with Gasteiger partial charge in [-0.15, -0.1) is 0 Å². The Hall–Kier alpha value is -1.78. The minimum Gasteiger partial charge on any atom is -0.466 e. The molecule has 0 saturated carbocycles. The summed E-state index contributed by atoms with van der Waals surface area (Å²) >= 11 is 0. The van der Waals surface area contributed by atoms with E-state index in [0.29, 0.717) is 0 Å². The zero-order valence-corrected chi connectivity index (χ0v) is 9.34. The van der Waals surface area contributed by atoms with Crippen molar-refractivity contribution in [3.63, 3.8) is 0 Å². The third kappa shape index (κ3) is 3.34. The van der Waals surface area contributed by atoms with Crippen LogP contribution in [0.15, 0.2) is 29.8 Å². The van der Waals surface area contributed by atoms with Crippen molar-refractivity contribution in [2.45, 2.75) is 13.1 Å². The summed E-state index contributed by atoms with van der Waals surface area (Å²) in [7, 11) is 1.18. The molecule has 0 aliphatic rings. The second-order valence-electron chi connectivity index (χ2n) is 3.40. The molecule has 1 aromatic rings. The second-order valence-corrected chi connectivity index (χ2v) is 3.40. The van der Waals surface area contributed by atoms with Gasteiger partial charge < -0.3 is 4.74 Å². The summed E-state index contributed by atoms with van der Waals surface area (Å²) in [6.45, 7) is 1.40. The molecule has 0 amide bonds. The maximum absolute atomic E-state index is 12.6. The molecule has 0 aromatic heterocycles. The van der Waals surface area contributed by atoms with Crippen LogP contribution in [0.25, 0.3) is 6.08 Å². The molecule has 5 heteroatoms. The number of rotatable bonds is 2. The number of hydrogen-bond donors (Lipinski definition) is 0. The Balaban J connectivity index is 3.20. The lowest BCUT2D eigenvalue weighted by molar-refractivity contribution is -0.138. The summed E-state index contributed by atoms with van der Waals surface area (Å²) in [6, 6.07) is 5.05. The van der Waals surface area contributed by atoms with Crippen LogP contribution in [0.2, 0.25) is 0 Å². The van der Waals surface area contributed by atoms with Crippen molar-refractivity contribution in [1.82, 2.24) is 0 Å². The van der Waals surface area contributed by atoms with E-state index in [2.05, 4.69) is 4.74 Å². The van der Waals surface area contributed by atoms with E-state index >= 15 is 0 Å². The molecule has 17 heavy (non-hydrogen) atoms. The number of halogens is 3. The first-order chi connectivity index (χ1) is 7.86.